The normalized spacial score (nSPS) is 11.8. The summed E-state index contributed by atoms with van der Waals surface area (Å²) in [5, 5.41) is 0. The van der Waals surface area contributed by atoms with E-state index < -0.39 is 0 Å². The summed E-state index contributed by atoms with van der Waals surface area (Å²) in [4.78, 5) is 9.99. The molecule has 0 unspecified atom stereocenters. The molecule has 0 bridgehead atoms. The van der Waals surface area contributed by atoms with Crippen molar-refractivity contribution in [2.75, 3.05) is 0 Å². The zero-order valence-corrected chi connectivity index (χ0v) is 34.0. The maximum absolute atomic E-state index is 5.08. The first-order valence-corrected chi connectivity index (χ1v) is 21.0. The molecular weight excluding hydrogens is 687 g/mol. The number of hydrogen-bond donors (Lipinski definition) is 0. The van der Waals surface area contributed by atoms with E-state index in [4.69, 9.17) is 9.98 Å². The van der Waals surface area contributed by atoms with Crippen LogP contribution >= 0.6 is 0 Å². The van der Waals surface area contributed by atoms with Crippen molar-refractivity contribution in [3.8, 4) is 0 Å². The largest absolute Gasteiger partial charge is 0.255 e. The molecule has 280 valence electrons. The van der Waals surface area contributed by atoms with Gasteiger partial charge in [-0.2, -0.15) is 0 Å². The van der Waals surface area contributed by atoms with E-state index in [0.717, 1.165) is 42.8 Å². The Labute approximate surface area is 318 Å². The monoisotopic (exact) mass is 763 g/mol. The maximum Gasteiger partial charge on any atom is 0.0636 e. The summed E-state index contributed by atoms with van der Waals surface area (Å²) in [6.07, 6.45) is 41.2. The summed E-state index contributed by atoms with van der Waals surface area (Å²) >= 11 is 0. The van der Waals surface area contributed by atoms with Gasteiger partial charge in [0.25, 0.3) is 0 Å². The van der Waals surface area contributed by atoms with Crippen LogP contribution in [0.5, 0.6) is 0 Å². The Morgan fingerprint density at radius 1 is 0.449 bits per heavy atom. The summed E-state index contributed by atoms with van der Waals surface area (Å²) in [5.74, 6) is 0. The van der Waals surface area contributed by atoms with Crippen molar-refractivity contribution in [2.45, 2.75) is 207 Å². The van der Waals surface area contributed by atoms with Crippen LogP contribution in [0.25, 0.3) is 0 Å². The molecule has 0 atom stereocenters. The van der Waals surface area contributed by atoms with Crippen molar-refractivity contribution < 1.29 is 20.4 Å². The average molecular weight is 764 g/mol. The average Bonchev–Trinajstić information content (AvgIpc) is 3.10. The van der Waals surface area contributed by atoms with Gasteiger partial charge in [0.1, 0.15) is 0 Å². The third kappa shape index (κ3) is 26.0. The smallest absolute Gasteiger partial charge is 0.0636 e. The topological polar surface area (TPSA) is 24.7 Å². The van der Waals surface area contributed by atoms with Gasteiger partial charge in [-0.15, -0.1) is 0 Å². The predicted molar refractivity (Wildman–Crippen MR) is 217 cm³/mol. The molecule has 2 nitrogen and oxygen atoms in total. The van der Waals surface area contributed by atoms with Crippen molar-refractivity contribution in [2.24, 2.45) is 9.98 Å². The minimum absolute atomic E-state index is 0. The third-order valence-electron chi connectivity index (χ3n) is 9.88. The Morgan fingerprint density at radius 2 is 0.816 bits per heavy atom. The molecule has 0 aliphatic carbocycles. The van der Waals surface area contributed by atoms with E-state index in [1.54, 1.807) is 0 Å². The van der Waals surface area contributed by atoms with E-state index in [1.165, 1.54) is 172 Å². The quantitative estimate of drug-likeness (QED) is 0.0403. The first-order valence-electron chi connectivity index (χ1n) is 21.0. The minimum Gasteiger partial charge on any atom is -0.255 e. The van der Waals surface area contributed by atoms with Crippen molar-refractivity contribution in [3.63, 3.8) is 0 Å². The number of hydrogen-bond acceptors (Lipinski definition) is 2. The number of rotatable bonds is 32. The molecule has 0 aliphatic rings. The van der Waals surface area contributed by atoms with Crippen molar-refractivity contribution in [1.82, 2.24) is 0 Å². The van der Waals surface area contributed by atoms with Crippen molar-refractivity contribution >= 4 is 23.3 Å². The van der Waals surface area contributed by atoms with Crippen LogP contribution in [0.3, 0.4) is 0 Å². The first-order chi connectivity index (χ1) is 23.7. The second kappa shape index (κ2) is 33.6. The van der Waals surface area contributed by atoms with Crippen LogP contribution in [0.2, 0.25) is 0 Å². The van der Waals surface area contributed by atoms with Gasteiger partial charge in [0.15, 0.2) is 0 Å². The Morgan fingerprint density at radius 3 is 1.24 bits per heavy atom. The summed E-state index contributed by atoms with van der Waals surface area (Å²) < 4.78 is 0. The van der Waals surface area contributed by atoms with Gasteiger partial charge in [0.2, 0.25) is 0 Å². The van der Waals surface area contributed by atoms with Gasteiger partial charge in [-0.25, -0.2) is 0 Å². The van der Waals surface area contributed by atoms with Gasteiger partial charge >= 0.3 is 0 Å². The third-order valence-corrected chi connectivity index (χ3v) is 9.88. The van der Waals surface area contributed by atoms with E-state index in [9.17, 15) is 0 Å². The van der Waals surface area contributed by atoms with Crippen LogP contribution in [-0.2, 0) is 33.3 Å². The van der Waals surface area contributed by atoms with Crippen LogP contribution in [0.15, 0.2) is 58.5 Å². The summed E-state index contributed by atoms with van der Waals surface area (Å²) in [6.45, 7) is 6.85. The molecule has 0 heterocycles. The van der Waals surface area contributed by atoms with Gasteiger partial charge in [-0.3, -0.25) is 9.98 Å². The molecule has 2 aromatic rings. The molecule has 2 aromatic carbocycles. The van der Waals surface area contributed by atoms with E-state index in [-0.39, 0.29) is 20.4 Å². The second-order valence-corrected chi connectivity index (χ2v) is 14.6. The number of benzene rings is 2. The molecule has 0 aliphatic heterocycles. The number of aliphatic imine (C=N–C) groups is 2. The van der Waals surface area contributed by atoms with Crippen LogP contribution in [-0.4, -0.2) is 11.9 Å². The Balaban J connectivity index is 0.0000120. The zero-order valence-electron chi connectivity index (χ0n) is 32.4. The molecule has 0 fully saturated rings. The molecule has 0 spiro atoms. The van der Waals surface area contributed by atoms with E-state index in [0.29, 0.717) is 0 Å². The first kappa shape index (κ1) is 45.5. The second-order valence-electron chi connectivity index (χ2n) is 14.6. The standard InChI is InChI=1S/C46H76N2.Pd/c1-4-7-10-12-14-16-18-20-22-24-26-28-32-42-34-30-37-44(39-42)47-41-46(36-9-6-3)48-45-38-31-35-43(40-45)33-29-27-25-23-21-19-17-15-13-11-8-5-2;/h30-31,34-35,37-41H,4-29,32-33,36H2,1-3H3;/b47-41+,48-46+;. The zero-order chi connectivity index (χ0) is 34.2. The molecule has 0 saturated heterocycles. The molecule has 0 N–H and O–H groups in total. The number of unbranched alkanes of at least 4 members (excludes halogenated alkanes) is 23. The Kier molecular flexibility index (Phi) is 31.2. The molecular formula is C46H76N2Pd. The fourth-order valence-electron chi connectivity index (χ4n) is 6.74. The molecule has 0 saturated carbocycles. The molecule has 0 amide bonds. The van der Waals surface area contributed by atoms with Crippen molar-refractivity contribution in [3.05, 3.63) is 59.7 Å². The van der Waals surface area contributed by atoms with Gasteiger partial charge in [0, 0.05) is 26.6 Å². The number of nitrogens with zero attached hydrogens (tertiary/aromatic N) is 2. The summed E-state index contributed by atoms with van der Waals surface area (Å²) in [7, 11) is 0. The minimum atomic E-state index is 0. The maximum atomic E-state index is 5.08. The molecule has 0 radical (unpaired) electrons. The Hall–Kier alpha value is -1.56. The van der Waals surface area contributed by atoms with E-state index >= 15 is 0 Å². The SMILES string of the molecule is CCCCCCCCCCCCCCc1cccc(/N=C/C(CCCC)=N/c2cccc(CCCCCCCCCCCCCC)c2)c1.[Pd]. The van der Waals surface area contributed by atoms with Gasteiger partial charge in [-0.05, 0) is 73.9 Å². The molecule has 0 aromatic heterocycles. The van der Waals surface area contributed by atoms with Gasteiger partial charge in [-0.1, -0.05) is 193 Å². The van der Waals surface area contributed by atoms with E-state index in [1.807, 2.05) is 6.21 Å². The number of aryl methyl sites for hydroxylation is 2. The molecule has 2 rings (SSSR count). The predicted octanol–water partition coefficient (Wildman–Crippen LogP) is 15.8. The molecule has 49 heavy (non-hydrogen) atoms. The fraction of sp³-hybridized carbons (Fsp3) is 0.696. The summed E-state index contributed by atoms with van der Waals surface area (Å²) in [5.41, 5.74) is 6.04. The van der Waals surface area contributed by atoms with Gasteiger partial charge < -0.3 is 0 Å². The van der Waals surface area contributed by atoms with Gasteiger partial charge in [0.05, 0.1) is 17.1 Å². The van der Waals surface area contributed by atoms with Crippen LogP contribution in [0.4, 0.5) is 11.4 Å². The molecule has 3 heteroatoms. The van der Waals surface area contributed by atoms with Crippen LogP contribution < -0.4 is 0 Å². The fourth-order valence-corrected chi connectivity index (χ4v) is 6.74. The van der Waals surface area contributed by atoms with Crippen LogP contribution in [0.1, 0.15) is 205 Å². The Bertz CT molecular complexity index is 1070. The summed E-state index contributed by atoms with van der Waals surface area (Å²) in [6, 6.07) is 17.8. The van der Waals surface area contributed by atoms with Crippen molar-refractivity contribution in [1.29, 1.82) is 0 Å². The van der Waals surface area contributed by atoms with E-state index in [2.05, 4.69) is 69.3 Å². The van der Waals surface area contributed by atoms with Crippen LogP contribution in [0, 0.1) is 0 Å².